The van der Waals surface area contributed by atoms with Gasteiger partial charge in [-0.05, 0) is 43.4 Å². The summed E-state index contributed by atoms with van der Waals surface area (Å²) in [5.41, 5.74) is 0.0765. The first-order chi connectivity index (χ1) is 13.9. The van der Waals surface area contributed by atoms with E-state index in [4.69, 9.17) is 19.0 Å². The van der Waals surface area contributed by atoms with E-state index in [1.165, 1.54) is 31.8 Å². The number of hydrogen-bond donors (Lipinski definition) is 0. The van der Waals surface area contributed by atoms with Crippen LogP contribution in [0.15, 0.2) is 18.2 Å². The van der Waals surface area contributed by atoms with Gasteiger partial charge in [-0.1, -0.05) is 18.1 Å². The molecule has 1 aliphatic heterocycles. The Hall–Kier alpha value is -2.28. The van der Waals surface area contributed by atoms with Crippen LogP contribution < -0.4 is 9.47 Å². The summed E-state index contributed by atoms with van der Waals surface area (Å²) < 4.78 is 17.4. The molecule has 0 N–H and O–H groups in total. The fourth-order valence-corrected chi connectivity index (χ4v) is 4.39. The van der Waals surface area contributed by atoms with E-state index in [1.807, 2.05) is 25.1 Å². The highest BCUT2D eigenvalue weighted by Gasteiger charge is 2.50. The molecule has 1 saturated carbocycles. The Morgan fingerprint density at radius 2 is 1.86 bits per heavy atom. The van der Waals surface area contributed by atoms with Gasteiger partial charge in [0, 0.05) is 39.2 Å². The lowest BCUT2D eigenvalue weighted by atomic mass is 9.93. The number of carbonyl (C=O) groups is 2. The number of esters is 1. The fourth-order valence-electron chi connectivity index (χ4n) is 4.39. The van der Waals surface area contributed by atoms with Gasteiger partial charge in [0.2, 0.25) is 0 Å². The van der Waals surface area contributed by atoms with E-state index in [0.717, 1.165) is 24.2 Å². The van der Waals surface area contributed by atoms with Gasteiger partial charge in [0.1, 0.15) is 0 Å². The minimum Gasteiger partial charge on any atom is -0.493 e. The summed E-state index contributed by atoms with van der Waals surface area (Å²) >= 11 is 0. The van der Waals surface area contributed by atoms with Crippen LogP contribution >= 0.6 is 0 Å². The molecule has 7 nitrogen and oxygen atoms in total. The molecule has 2 unspecified atom stereocenters. The molecular formula is C22H31NO6. The van der Waals surface area contributed by atoms with Gasteiger partial charge in [0.05, 0.1) is 13.2 Å². The number of rotatable bonds is 7. The molecule has 1 heterocycles. The Balaban J connectivity index is 1.86. The van der Waals surface area contributed by atoms with Crippen LogP contribution in [0.1, 0.15) is 70.8 Å². The summed E-state index contributed by atoms with van der Waals surface area (Å²) in [6.45, 7) is 5.08. The summed E-state index contributed by atoms with van der Waals surface area (Å²) in [6.07, 6.45) is 5.76. The first-order valence-electron chi connectivity index (χ1n) is 10.4. The van der Waals surface area contributed by atoms with Gasteiger partial charge in [0.15, 0.2) is 17.2 Å². The van der Waals surface area contributed by atoms with Gasteiger partial charge in [-0.15, -0.1) is 0 Å². The van der Waals surface area contributed by atoms with Gasteiger partial charge in [-0.3, -0.25) is 9.59 Å². The number of benzene rings is 1. The normalized spacial score (nSPS) is 25.0. The predicted molar refractivity (Wildman–Crippen MR) is 106 cm³/mol. The molecule has 3 rings (SSSR count). The Morgan fingerprint density at radius 1 is 1.14 bits per heavy atom. The second-order valence-corrected chi connectivity index (χ2v) is 7.87. The van der Waals surface area contributed by atoms with Crippen LogP contribution in [0.2, 0.25) is 0 Å². The second kappa shape index (κ2) is 9.03. The van der Waals surface area contributed by atoms with Gasteiger partial charge >= 0.3 is 11.9 Å². The van der Waals surface area contributed by atoms with Crippen LogP contribution in [0.25, 0.3) is 0 Å². The summed E-state index contributed by atoms with van der Waals surface area (Å²) in [6, 6.07) is 5.91. The highest BCUT2D eigenvalue weighted by atomic mass is 16.7. The van der Waals surface area contributed by atoms with Crippen molar-refractivity contribution in [3.05, 3.63) is 23.8 Å². The predicted octanol–water partition coefficient (Wildman–Crippen LogP) is 3.95. The molecule has 1 aromatic carbocycles. The Bertz CT molecular complexity index is 745. The van der Waals surface area contributed by atoms with E-state index < -0.39 is 17.7 Å². The Kier molecular flexibility index (Phi) is 6.67. The van der Waals surface area contributed by atoms with Crippen molar-refractivity contribution in [2.75, 3.05) is 13.7 Å². The van der Waals surface area contributed by atoms with Crippen molar-refractivity contribution in [3.8, 4) is 11.5 Å². The van der Waals surface area contributed by atoms with E-state index in [1.54, 1.807) is 7.11 Å². The van der Waals surface area contributed by atoms with E-state index >= 15 is 0 Å². The van der Waals surface area contributed by atoms with Crippen molar-refractivity contribution < 1.29 is 28.6 Å². The summed E-state index contributed by atoms with van der Waals surface area (Å²) in [5, 5.41) is 1.52. The van der Waals surface area contributed by atoms with Gasteiger partial charge in [-0.2, -0.15) is 0 Å². The summed E-state index contributed by atoms with van der Waals surface area (Å²) in [7, 11) is 1.64. The number of hydrogen-bond acceptors (Lipinski definition) is 7. The molecule has 160 valence electrons. The van der Waals surface area contributed by atoms with Crippen LogP contribution in [-0.4, -0.2) is 42.5 Å². The lowest BCUT2D eigenvalue weighted by Gasteiger charge is -2.34. The lowest BCUT2D eigenvalue weighted by Crippen LogP contribution is -2.47. The second-order valence-electron chi connectivity index (χ2n) is 7.87. The lowest BCUT2D eigenvalue weighted by molar-refractivity contribution is -0.268. The molecule has 1 aliphatic carbocycles. The number of carbonyl (C=O) groups excluding carboxylic acids is 2. The quantitative estimate of drug-likeness (QED) is 0.636. The maximum Gasteiger partial charge on any atom is 0.322 e. The van der Waals surface area contributed by atoms with Gasteiger partial charge in [0.25, 0.3) is 0 Å². The topological polar surface area (TPSA) is 74.3 Å². The molecule has 0 radical (unpaired) electrons. The molecule has 2 atom stereocenters. The van der Waals surface area contributed by atoms with Crippen LogP contribution in [0.3, 0.4) is 0 Å². The minimum atomic E-state index is -0.964. The molecule has 29 heavy (non-hydrogen) atoms. The van der Waals surface area contributed by atoms with Crippen molar-refractivity contribution in [2.24, 2.45) is 0 Å². The zero-order valence-electron chi connectivity index (χ0n) is 17.7. The maximum atomic E-state index is 11.7. The molecule has 2 aliphatic rings. The molecule has 1 saturated heterocycles. The van der Waals surface area contributed by atoms with Crippen molar-refractivity contribution in [3.63, 3.8) is 0 Å². The highest BCUT2D eigenvalue weighted by Crippen LogP contribution is 2.44. The van der Waals surface area contributed by atoms with E-state index in [9.17, 15) is 9.59 Å². The number of nitrogens with zero attached hydrogens (tertiary/aromatic N) is 1. The molecule has 7 heteroatoms. The molecule has 0 amide bonds. The number of hydroxylamine groups is 2. The summed E-state index contributed by atoms with van der Waals surface area (Å²) in [4.78, 5) is 28.8. The van der Waals surface area contributed by atoms with E-state index in [0.29, 0.717) is 25.1 Å². The minimum absolute atomic E-state index is 0.0190. The van der Waals surface area contributed by atoms with Gasteiger partial charge in [-0.25, -0.2) is 0 Å². The van der Waals surface area contributed by atoms with Crippen molar-refractivity contribution >= 4 is 11.9 Å². The number of ether oxygens (including phenoxy) is 3. The monoisotopic (exact) mass is 405 g/mol. The SMILES string of the molecule is CCC1(OC(C)=O)CC(c2ccc(OC)c(OC3CCCC3)c2)CN1OC(C)=O. The Labute approximate surface area is 172 Å². The van der Waals surface area contributed by atoms with Crippen LogP contribution in [0.4, 0.5) is 0 Å². The smallest absolute Gasteiger partial charge is 0.322 e. The van der Waals surface area contributed by atoms with Crippen molar-refractivity contribution in [1.82, 2.24) is 5.06 Å². The third-order valence-corrected chi connectivity index (χ3v) is 5.79. The van der Waals surface area contributed by atoms with Crippen LogP contribution in [0, 0.1) is 0 Å². The van der Waals surface area contributed by atoms with Gasteiger partial charge < -0.3 is 19.0 Å². The Morgan fingerprint density at radius 3 is 2.45 bits per heavy atom. The summed E-state index contributed by atoms with van der Waals surface area (Å²) in [5.74, 6) is 0.625. The first-order valence-corrected chi connectivity index (χ1v) is 10.4. The van der Waals surface area contributed by atoms with Crippen molar-refractivity contribution in [2.45, 2.75) is 77.0 Å². The van der Waals surface area contributed by atoms with E-state index in [2.05, 4.69) is 0 Å². The molecule has 1 aromatic rings. The molecular weight excluding hydrogens is 374 g/mol. The molecule has 2 fully saturated rings. The van der Waals surface area contributed by atoms with Crippen molar-refractivity contribution in [1.29, 1.82) is 0 Å². The van der Waals surface area contributed by atoms with E-state index in [-0.39, 0.29) is 12.0 Å². The van der Waals surface area contributed by atoms with Crippen LogP contribution in [-0.2, 0) is 19.2 Å². The average molecular weight is 405 g/mol. The maximum absolute atomic E-state index is 11.7. The molecule has 0 aromatic heterocycles. The largest absolute Gasteiger partial charge is 0.493 e. The average Bonchev–Trinajstić information content (AvgIpc) is 3.29. The number of methoxy groups -OCH3 is 1. The third-order valence-electron chi connectivity index (χ3n) is 5.79. The standard InChI is InChI=1S/C22H31NO6/c1-5-22(28-15(2)24)13-18(14-23(22)29-16(3)25)17-10-11-20(26-4)21(12-17)27-19-8-6-7-9-19/h10-12,18-19H,5-9,13-14H2,1-4H3. The molecule has 0 bridgehead atoms. The zero-order valence-corrected chi connectivity index (χ0v) is 17.7. The zero-order chi connectivity index (χ0) is 21.0. The molecule has 0 spiro atoms. The first kappa shape index (κ1) is 21.4. The highest BCUT2D eigenvalue weighted by molar-refractivity contribution is 5.67. The fraction of sp³-hybridized carbons (Fsp3) is 0.636. The third kappa shape index (κ3) is 4.83. The van der Waals surface area contributed by atoms with Crippen LogP contribution in [0.5, 0.6) is 11.5 Å².